The van der Waals surface area contributed by atoms with Gasteiger partial charge in [0.1, 0.15) is 5.03 Å². The quantitative estimate of drug-likeness (QED) is 0.223. The Balaban J connectivity index is 0.000000555. The summed E-state index contributed by atoms with van der Waals surface area (Å²) in [5.74, 6) is -0.836. The third-order valence-electron chi connectivity index (χ3n) is 4.53. The summed E-state index contributed by atoms with van der Waals surface area (Å²) < 4.78 is 65.2. The highest BCUT2D eigenvalue weighted by Crippen LogP contribution is 2.33. The minimum atomic E-state index is -4.64. The average Bonchev–Trinajstić information content (AvgIpc) is 3.41. The second-order valence-corrected chi connectivity index (χ2v) is 10.7. The molecule has 0 spiro atoms. The van der Waals surface area contributed by atoms with Crippen LogP contribution in [0.5, 0.6) is 0 Å². The van der Waals surface area contributed by atoms with Crippen molar-refractivity contribution < 1.29 is 30.9 Å². The molecular formula is C20H20F3N3O4S3. The van der Waals surface area contributed by atoms with Crippen molar-refractivity contribution in [2.24, 2.45) is 0 Å². The number of halogens is 3. The predicted octanol–water partition coefficient (Wildman–Crippen LogP) is 4.27. The zero-order chi connectivity index (χ0) is 24.2. The van der Waals surface area contributed by atoms with Gasteiger partial charge in [0, 0.05) is 22.7 Å². The maximum atomic E-state index is 13.1. The number of Topliss-reactive ketones (excluding diaryl/α,β-unsaturated/α-hetero) is 1. The number of rotatable bonds is 5. The number of thioether (sulfide) groups is 1. The number of fused-ring (bicyclic) bond motifs is 1. The summed E-state index contributed by atoms with van der Waals surface area (Å²) in [4.78, 5) is 21.6. The number of carbonyl (C=O) groups excluding carboxylic acids is 1. The molecular weight excluding hydrogens is 499 g/mol. The number of para-hydroxylation sites is 1. The molecule has 0 unspecified atom stereocenters. The molecule has 0 bridgehead atoms. The van der Waals surface area contributed by atoms with E-state index in [9.17, 15) is 26.4 Å². The van der Waals surface area contributed by atoms with E-state index in [0.29, 0.717) is 22.4 Å². The second-order valence-electron chi connectivity index (χ2n) is 7.20. The lowest BCUT2D eigenvalue weighted by atomic mass is 10.1. The van der Waals surface area contributed by atoms with E-state index in [1.165, 1.54) is 22.3 Å². The fourth-order valence-electron chi connectivity index (χ4n) is 3.11. The summed E-state index contributed by atoms with van der Waals surface area (Å²) in [5.41, 5.74) is 0.215. The first kappa shape index (κ1) is 25.6. The van der Waals surface area contributed by atoms with Crippen LogP contribution in [0.25, 0.3) is 10.9 Å². The second kappa shape index (κ2) is 10.5. The lowest BCUT2D eigenvalue weighted by Gasteiger charge is -2.10. The number of hydrogen-bond acceptors (Lipinski definition) is 8. The van der Waals surface area contributed by atoms with Gasteiger partial charge in [0.25, 0.3) is 10.1 Å². The molecule has 2 aromatic heterocycles. The number of aromatic nitrogens is 2. The first-order valence-electron chi connectivity index (χ1n) is 9.64. The summed E-state index contributed by atoms with van der Waals surface area (Å²) in [6.07, 6.45) is -2.87. The maximum Gasteiger partial charge on any atom is 0.451 e. The van der Waals surface area contributed by atoms with E-state index in [1.54, 1.807) is 24.3 Å². The molecule has 33 heavy (non-hydrogen) atoms. The first-order valence-corrected chi connectivity index (χ1v) is 13.3. The zero-order valence-corrected chi connectivity index (χ0v) is 19.7. The number of hydrogen-bond donors (Lipinski definition) is 2. The van der Waals surface area contributed by atoms with Gasteiger partial charge in [-0.1, -0.05) is 30.0 Å². The molecule has 1 saturated heterocycles. The zero-order valence-electron chi connectivity index (χ0n) is 17.3. The molecule has 1 aromatic carbocycles. The van der Waals surface area contributed by atoms with E-state index in [4.69, 9.17) is 4.55 Å². The van der Waals surface area contributed by atoms with Crippen molar-refractivity contribution in [2.45, 2.75) is 23.5 Å². The number of carbonyl (C=O) groups is 1. The van der Waals surface area contributed by atoms with Crippen LogP contribution < -0.4 is 5.32 Å². The van der Waals surface area contributed by atoms with Crippen LogP contribution in [0.1, 0.15) is 32.7 Å². The Morgan fingerprint density at radius 1 is 1.24 bits per heavy atom. The fraction of sp³-hybridized carbons (Fsp3) is 0.350. The molecule has 7 nitrogen and oxygen atoms in total. The Hall–Kier alpha value is -2.06. The SMILES string of the molecule is CS(=O)(=O)O.O=C(CSc1nc(C(F)(F)F)nc2ccccc12)c1ccc([C@H]2CCNC2)s1. The minimum absolute atomic E-state index is 0.0289. The molecule has 2 N–H and O–H groups in total. The highest BCUT2D eigenvalue weighted by atomic mass is 32.2. The maximum absolute atomic E-state index is 13.1. The van der Waals surface area contributed by atoms with E-state index >= 15 is 0 Å². The number of nitrogens with zero attached hydrogens (tertiary/aromatic N) is 2. The number of nitrogens with one attached hydrogen (secondary N) is 1. The molecule has 1 atom stereocenters. The van der Waals surface area contributed by atoms with Crippen LogP contribution in [0.15, 0.2) is 41.4 Å². The molecule has 0 amide bonds. The van der Waals surface area contributed by atoms with E-state index in [2.05, 4.69) is 15.3 Å². The number of ketones is 1. The molecule has 0 radical (unpaired) electrons. The van der Waals surface area contributed by atoms with Crippen molar-refractivity contribution in [3.63, 3.8) is 0 Å². The summed E-state index contributed by atoms with van der Waals surface area (Å²) in [7, 11) is -3.67. The van der Waals surface area contributed by atoms with E-state index in [1.807, 2.05) is 6.07 Å². The lowest BCUT2D eigenvalue weighted by Crippen LogP contribution is -2.12. The van der Waals surface area contributed by atoms with Crippen LogP contribution in [0, 0.1) is 0 Å². The van der Waals surface area contributed by atoms with Crippen molar-refractivity contribution in [3.05, 3.63) is 52.0 Å². The Kier molecular flexibility index (Phi) is 8.11. The van der Waals surface area contributed by atoms with Gasteiger partial charge < -0.3 is 5.32 Å². The van der Waals surface area contributed by atoms with Gasteiger partial charge in [-0.15, -0.1) is 11.3 Å². The normalized spacial score (nSPS) is 16.5. The van der Waals surface area contributed by atoms with Crippen LogP contribution >= 0.6 is 23.1 Å². The van der Waals surface area contributed by atoms with Crippen molar-refractivity contribution in [2.75, 3.05) is 25.1 Å². The number of thiophene rings is 1. The van der Waals surface area contributed by atoms with Crippen molar-refractivity contribution in [3.8, 4) is 0 Å². The Bertz CT molecular complexity index is 1230. The number of benzene rings is 1. The molecule has 1 aliphatic heterocycles. The molecule has 4 rings (SSSR count). The molecule has 178 valence electrons. The van der Waals surface area contributed by atoms with Crippen LogP contribution in [0.2, 0.25) is 0 Å². The fourth-order valence-corrected chi connectivity index (χ4v) is 5.18. The third kappa shape index (κ3) is 7.47. The van der Waals surface area contributed by atoms with Gasteiger partial charge >= 0.3 is 6.18 Å². The van der Waals surface area contributed by atoms with Gasteiger partial charge in [-0.2, -0.15) is 21.6 Å². The van der Waals surface area contributed by atoms with Crippen molar-refractivity contribution in [1.29, 1.82) is 0 Å². The molecule has 0 aliphatic carbocycles. The Labute approximate surface area is 196 Å². The molecule has 0 saturated carbocycles. The molecule has 1 aliphatic rings. The standard InChI is InChI=1S/C19H16F3N3OS2.CH4O3S/c20-19(21,22)18-24-13-4-2-1-3-12(13)17(25-18)27-10-14(26)16-6-5-15(28-16)11-7-8-23-9-11;1-5(2,3)4/h1-6,11,23H,7-10H2;1H3,(H,2,3,4)/t11-;/m0./s1. The summed E-state index contributed by atoms with van der Waals surface area (Å²) >= 11 is 2.49. The summed E-state index contributed by atoms with van der Waals surface area (Å²) in [5, 5.41) is 3.98. The van der Waals surface area contributed by atoms with E-state index in [-0.39, 0.29) is 22.1 Å². The van der Waals surface area contributed by atoms with Gasteiger partial charge in [-0.3, -0.25) is 9.35 Å². The summed E-state index contributed by atoms with van der Waals surface area (Å²) in [6.45, 7) is 1.89. The van der Waals surface area contributed by atoms with Gasteiger partial charge in [0.15, 0.2) is 5.78 Å². The molecule has 13 heteroatoms. The van der Waals surface area contributed by atoms with Gasteiger partial charge in [-0.05, 0) is 31.2 Å². The highest BCUT2D eigenvalue weighted by Gasteiger charge is 2.35. The van der Waals surface area contributed by atoms with Crippen LogP contribution in [0.3, 0.4) is 0 Å². The monoisotopic (exact) mass is 519 g/mol. The topological polar surface area (TPSA) is 109 Å². The smallest absolute Gasteiger partial charge is 0.316 e. The lowest BCUT2D eigenvalue weighted by molar-refractivity contribution is -0.145. The Morgan fingerprint density at radius 3 is 2.58 bits per heavy atom. The van der Waals surface area contributed by atoms with Crippen LogP contribution in [-0.2, 0) is 16.3 Å². The predicted molar refractivity (Wildman–Crippen MR) is 122 cm³/mol. The minimum Gasteiger partial charge on any atom is -0.316 e. The van der Waals surface area contributed by atoms with Gasteiger partial charge in [0.2, 0.25) is 5.82 Å². The highest BCUT2D eigenvalue weighted by molar-refractivity contribution is 8.00. The van der Waals surface area contributed by atoms with E-state index in [0.717, 1.165) is 31.3 Å². The van der Waals surface area contributed by atoms with Crippen molar-refractivity contribution in [1.82, 2.24) is 15.3 Å². The van der Waals surface area contributed by atoms with Gasteiger partial charge in [-0.25, -0.2) is 9.97 Å². The number of alkyl halides is 3. The average molecular weight is 520 g/mol. The van der Waals surface area contributed by atoms with Crippen LogP contribution in [-0.4, -0.2) is 53.8 Å². The Morgan fingerprint density at radius 2 is 1.94 bits per heavy atom. The van der Waals surface area contributed by atoms with Gasteiger partial charge in [0.05, 0.1) is 22.4 Å². The third-order valence-corrected chi connectivity index (χ3v) is 6.81. The first-order chi connectivity index (χ1) is 15.4. The summed E-state index contributed by atoms with van der Waals surface area (Å²) in [6, 6.07) is 10.3. The van der Waals surface area contributed by atoms with Crippen molar-refractivity contribution >= 4 is 49.9 Å². The molecule has 1 fully saturated rings. The van der Waals surface area contributed by atoms with Crippen LogP contribution in [0.4, 0.5) is 13.2 Å². The molecule has 3 heterocycles. The molecule has 3 aromatic rings. The van der Waals surface area contributed by atoms with E-state index < -0.39 is 22.1 Å². The largest absolute Gasteiger partial charge is 0.451 e.